The van der Waals surface area contributed by atoms with E-state index < -0.39 is 16.8 Å². The molecule has 7 nitrogen and oxygen atoms in total. The molecule has 3 rings (SSSR count). The fraction of sp³-hybridized carbons (Fsp3) is 0. The first-order chi connectivity index (χ1) is 12.4. The number of hydrogen-bond acceptors (Lipinski definition) is 6. The molecular formula is C17H10N2O5S2. The number of thiocarbonyl (C=S) groups is 1. The maximum Gasteiger partial charge on any atom is 0.335 e. The molecule has 1 amide bonds. The predicted octanol–water partition coefficient (Wildman–Crippen LogP) is 3.70. The zero-order valence-electron chi connectivity index (χ0n) is 13.0. The van der Waals surface area contributed by atoms with Crippen molar-refractivity contribution in [3.05, 3.63) is 74.7 Å². The summed E-state index contributed by atoms with van der Waals surface area (Å²) in [4.78, 5) is 35.9. The molecule has 0 aromatic heterocycles. The van der Waals surface area contributed by atoms with E-state index in [9.17, 15) is 19.7 Å². The average molecular weight is 386 g/mol. The molecule has 1 N–H and O–H groups in total. The Kier molecular flexibility index (Phi) is 4.83. The van der Waals surface area contributed by atoms with E-state index in [0.29, 0.717) is 5.69 Å². The van der Waals surface area contributed by atoms with Gasteiger partial charge in [-0.25, -0.2) is 4.79 Å². The summed E-state index contributed by atoms with van der Waals surface area (Å²) in [6, 6.07) is 11.9. The first kappa shape index (κ1) is 17.8. The number of nitrogens with zero attached hydrogens (tertiary/aromatic N) is 2. The minimum absolute atomic E-state index is 0.0271. The lowest BCUT2D eigenvalue weighted by Gasteiger charge is -2.14. The van der Waals surface area contributed by atoms with Gasteiger partial charge in [-0.3, -0.25) is 19.8 Å². The van der Waals surface area contributed by atoms with E-state index in [-0.39, 0.29) is 26.0 Å². The number of anilines is 1. The number of carbonyl (C=O) groups excluding carboxylic acids is 1. The molecule has 0 radical (unpaired) electrons. The molecule has 1 fully saturated rings. The van der Waals surface area contributed by atoms with Crippen molar-refractivity contribution < 1.29 is 19.6 Å². The van der Waals surface area contributed by atoms with Gasteiger partial charge < -0.3 is 5.11 Å². The van der Waals surface area contributed by atoms with Crippen LogP contribution in [0, 0.1) is 10.1 Å². The number of carboxylic acid groups (broad SMARTS) is 1. The molecule has 1 aliphatic heterocycles. The lowest BCUT2D eigenvalue weighted by atomic mass is 10.1. The lowest BCUT2D eigenvalue weighted by Crippen LogP contribution is -2.27. The first-order valence-corrected chi connectivity index (χ1v) is 8.45. The van der Waals surface area contributed by atoms with E-state index in [4.69, 9.17) is 17.3 Å². The van der Waals surface area contributed by atoms with Crippen molar-refractivity contribution in [3.63, 3.8) is 0 Å². The molecule has 130 valence electrons. The smallest absolute Gasteiger partial charge is 0.335 e. The number of carbonyl (C=O) groups is 2. The molecule has 0 saturated carbocycles. The van der Waals surface area contributed by atoms with E-state index in [2.05, 4.69) is 0 Å². The number of carboxylic acids is 1. The van der Waals surface area contributed by atoms with Gasteiger partial charge in [0.1, 0.15) is 0 Å². The largest absolute Gasteiger partial charge is 0.478 e. The van der Waals surface area contributed by atoms with E-state index in [1.165, 1.54) is 47.4 Å². The van der Waals surface area contributed by atoms with Crippen molar-refractivity contribution in [1.29, 1.82) is 0 Å². The van der Waals surface area contributed by atoms with Gasteiger partial charge in [0.15, 0.2) is 4.32 Å². The van der Waals surface area contributed by atoms with Gasteiger partial charge in [0, 0.05) is 6.07 Å². The molecule has 2 aromatic rings. The summed E-state index contributed by atoms with van der Waals surface area (Å²) in [5, 5.41) is 20.2. The van der Waals surface area contributed by atoms with Gasteiger partial charge in [0.2, 0.25) is 0 Å². The number of thioether (sulfide) groups is 1. The highest BCUT2D eigenvalue weighted by Crippen LogP contribution is 2.37. The van der Waals surface area contributed by atoms with Crippen molar-refractivity contribution in [2.24, 2.45) is 0 Å². The quantitative estimate of drug-likeness (QED) is 0.370. The van der Waals surface area contributed by atoms with Crippen LogP contribution >= 0.6 is 24.0 Å². The first-order valence-electron chi connectivity index (χ1n) is 7.23. The average Bonchev–Trinajstić information content (AvgIpc) is 2.89. The van der Waals surface area contributed by atoms with Gasteiger partial charge in [-0.1, -0.05) is 42.2 Å². The van der Waals surface area contributed by atoms with Crippen molar-refractivity contribution in [1.82, 2.24) is 0 Å². The SMILES string of the molecule is O=C(O)c1cccc(N2C(=O)/C(=C\c3ccccc3[N+](=O)[O-])SC2=S)c1. The summed E-state index contributed by atoms with van der Waals surface area (Å²) >= 11 is 6.24. The zero-order chi connectivity index (χ0) is 18.8. The number of para-hydroxylation sites is 1. The minimum atomic E-state index is -1.12. The zero-order valence-corrected chi connectivity index (χ0v) is 14.6. The molecule has 1 saturated heterocycles. The highest BCUT2D eigenvalue weighted by molar-refractivity contribution is 8.27. The van der Waals surface area contributed by atoms with Crippen molar-refractivity contribution in [2.45, 2.75) is 0 Å². The van der Waals surface area contributed by atoms with E-state index in [1.807, 2.05) is 0 Å². The molecule has 9 heteroatoms. The van der Waals surface area contributed by atoms with Crippen LogP contribution in [0.1, 0.15) is 15.9 Å². The van der Waals surface area contributed by atoms with Crippen LogP contribution in [0.2, 0.25) is 0 Å². The number of benzene rings is 2. The van der Waals surface area contributed by atoms with Crippen LogP contribution in [0.4, 0.5) is 11.4 Å². The van der Waals surface area contributed by atoms with E-state index in [1.54, 1.807) is 12.1 Å². The Morgan fingerprint density at radius 1 is 1.23 bits per heavy atom. The predicted molar refractivity (Wildman–Crippen MR) is 102 cm³/mol. The Bertz CT molecular complexity index is 987. The summed E-state index contributed by atoms with van der Waals surface area (Å²) in [5.74, 6) is -1.58. The number of hydrogen-bond donors (Lipinski definition) is 1. The maximum atomic E-state index is 12.7. The Morgan fingerprint density at radius 2 is 1.96 bits per heavy atom. The summed E-state index contributed by atoms with van der Waals surface area (Å²) in [7, 11) is 0. The van der Waals surface area contributed by atoms with Gasteiger partial charge in [0.25, 0.3) is 11.6 Å². The third-order valence-corrected chi connectivity index (χ3v) is 4.87. The van der Waals surface area contributed by atoms with Crippen LogP contribution in [0.25, 0.3) is 6.08 Å². The topological polar surface area (TPSA) is 101 Å². The number of amides is 1. The fourth-order valence-corrected chi connectivity index (χ4v) is 3.68. The maximum absolute atomic E-state index is 12.7. The second-order valence-corrected chi connectivity index (χ2v) is 6.86. The fourth-order valence-electron chi connectivity index (χ4n) is 2.39. The monoisotopic (exact) mass is 386 g/mol. The molecule has 0 spiro atoms. The number of nitro groups is 1. The molecule has 0 atom stereocenters. The van der Waals surface area contributed by atoms with Crippen molar-refractivity contribution >= 4 is 57.6 Å². The summed E-state index contributed by atoms with van der Waals surface area (Å²) < 4.78 is 0.224. The normalized spacial score (nSPS) is 15.5. The Hall–Kier alpha value is -3.04. The van der Waals surface area contributed by atoms with E-state index in [0.717, 1.165) is 11.8 Å². The van der Waals surface area contributed by atoms with Crippen LogP contribution < -0.4 is 4.90 Å². The Labute approximate surface area is 157 Å². The summed E-state index contributed by atoms with van der Waals surface area (Å²) in [5.41, 5.74) is 0.528. The number of nitro benzene ring substituents is 1. The molecular weight excluding hydrogens is 376 g/mol. The molecule has 1 heterocycles. The van der Waals surface area contributed by atoms with Gasteiger partial charge in [-0.15, -0.1) is 0 Å². The van der Waals surface area contributed by atoms with Crippen LogP contribution in [0.15, 0.2) is 53.4 Å². The Balaban J connectivity index is 1.99. The van der Waals surface area contributed by atoms with Gasteiger partial charge >= 0.3 is 5.97 Å². The highest BCUT2D eigenvalue weighted by atomic mass is 32.2. The van der Waals surface area contributed by atoms with Crippen molar-refractivity contribution in [3.8, 4) is 0 Å². The van der Waals surface area contributed by atoms with Crippen LogP contribution in [0.3, 0.4) is 0 Å². The molecule has 0 bridgehead atoms. The third kappa shape index (κ3) is 3.35. The number of aromatic carboxylic acids is 1. The van der Waals surface area contributed by atoms with Gasteiger partial charge in [-0.05, 0) is 30.3 Å². The minimum Gasteiger partial charge on any atom is -0.478 e. The molecule has 0 aliphatic carbocycles. The second kappa shape index (κ2) is 7.06. The highest BCUT2D eigenvalue weighted by Gasteiger charge is 2.34. The van der Waals surface area contributed by atoms with Gasteiger partial charge in [0.05, 0.1) is 26.6 Å². The lowest BCUT2D eigenvalue weighted by molar-refractivity contribution is -0.385. The third-order valence-electron chi connectivity index (χ3n) is 3.57. The van der Waals surface area contributed by atoms with Crippen LogP contribution in [-0.2, 0) is 4.79 Å². The van der Waals surface area contributed by atoms with Crippen LogP contribution in [0.5, 0.6) is 0 Å². The second-order valence-electron chi connectivity index (χ2n) is 5.19. The van der Waals surface area contributed by atoms with E-state index >= 15 is 0 Å². The summed E-state index contributed by atoms with van der Waals surface area (Å²) in [6.07, 6.45) is 1.42. The Morgan fingerprint density at radius 3 is 2.65 bits per heavy atom. The molecule has 26 heavy (non-hydrogen) atoms. The van der Waals surface area contributed by atoms with Crippen LogP contribution in [-0.4, -0.2) is 26.2 Å². The molecule has 0 unspecified atom stereocenters. The number of rotatable bonds is 4. The van der Waals surface area contributed by atoms with Crippen molar-refractivity contribution in [2.75, 3.05) is 4.90 Å². The molecule has 2 aromatic carbocycles. The molecule has 1 aliphatic rings. The standard InChI is InChI=1S/C17H10N2O5S2/c20-15-14(9-10-4-1-2-7-13(10)19(23)24)26-17(25)18(15)12-6-3-5-11(8-12)16(21)22/h1-9H,(H,21,22)/b14-9+. The summed E-state index contributed by atoms with van der Waals surface area (Å²) in [6.45, 7) is 0. The van der Waals surface area contributed by atoms with Gasteiger partial charge in [-0.2, -0.15) is 0 Å².